The van der Waals surface area contributed by atoms with E-state index in [0.29, 0.717) is 18.7 Å². The van der Waals surface area contributed by atoms with Crippen molar-refractivity contribution in [3.05, 3.63) is 75.5 Å². The minimum absolute atomic E-state index is 0.0290. The van der Waals surface area contributed by atoms with E-state index in [9.17, 15) is 13.2 Å². The predicted molar refractivity (Wildman–Crippen MR) is 120 cm³/mol. The number of nitrogens with one attached hydrogen (secondary N) is 2. The second kappa shape index (κ2) is 9.32. The van der Waals surface area contributed by atoms with Crippen LogP contribution in [0.5, 0.6) is 5.75 Å². The Morgan fingerprint density at radius 1 is 1.03 bits per heavy atom. The van der Waals surface area contributed by atoms with E-state index in [-0.39, 0.29) is 9.77 Å². The highest BCUT2D eigenvalue weighted by Gasteiger charge is 2.24. The fourth-order valence-corrected chi connectivity index (χ4v) is 5.40. The van der Waals surface area contributed by atoms with Gasteiger partial charge < -0.3 is 10.1 Å². The first-order chi connectivity index (χ1) is 14.3. The van der Waals surface area contributed by atoms with Crippen LogP contribution in [0, 0.1) is 13.8 Å². The van der Waals surface area contributed by atoms with Gasteiger partial charge in [0, 0.05) is 12.2 Å². The highest BCUT2D eigenvalue weighted by Crippen LogP contribution is 2.25. The van der Waals surface area contributed by atoms with Gasteiger partial charge in [0.25, 0.3) is 15.9 Å². The maximum Gasteiger partial charge on any atom is 0.263 e. The Bertz CT molecular complexity index is 1140. The summed E-state index contributed by atoms with van der Waals surface area (Å²) in [6, 6.07) is 14.3. The third-order valence-corrected chi connectivity index (χ3v) is 7.01. The first-order valence-electron chi connectivity index (χ1n) is 9.39. The first-order valence-corrected chi connectivity index (χ1v) is 11.7. The zero-order valence-electron chi connectivity index (χ0n) is 17.1. The number of thiophene rings is 1. The smallest absolute Gasteiger partial charge is 0.263 e. The second-order valence-electron chi connectivity index (χ2n) is 6.91. The molecule has 0 bridgehead atoms. The van der Waals surface area contributed by atoms with Crippen LogP contribution in [-0.4, -0.2) is 28.0 Å². The number of sulfonamides is 1. The fraction of sp³-hybridized carbons (Fsp3) is 0.227. The molecule has 0 atom stereocenters. The molecule has 6 nitrogen and oxygen atoms in total. The number of hydrogen-bond acceptors (Lipinski definition) is 5. The van der Waals surface area contributed by atoms with E-state index in [1.807, 2.05) is 44.2 Å². The largest absolute Gasteiger partial charge is 0.496 e. The molecule has 0 aliphatic heterocycles. The van der Waals surface area contributed by atoms with Gasteiger partial charge in [0.15, 0.2) is 0 Å². The summed E-state index contributed by atoms with van der Waals surface area (Å²) in [4.78, 5) is 12.8. The average molecular weight is 445 g/mol. The molecule has 0 aliphatic rings. The first kappa shape index (κ1) is 21.9. The number of aryl methyl sites for hydroxylation is 2. The topological polar surface area (TPSA) is 84.5 Å². The Kier molecular flexibility index (Phi) is 6.79. The number of carbonyl (C=O) groups is 1. The van der Waals surface area contributed by atoms with Gasteiger partial charge in [-0.1, -0.05) is 35.4 Å². The quantitative estimate of drug-likeness (QED) is 0.547. The lowest BCUT2D eigenvalue weighted by Crippen LogP contribution is -2.27. The van der Waals surface area contributed by atoms with E-state index in [1.54, 1.807) is 24.6 Å². The molecule has 0 radical (unpaired) electrons. The summed E-state index contributed by atoms with van der Waals surface area (Å²) in [5.74, 6) is 0.345. The number of carbonyl (C=O) groups excluding carboxylic acids is 1. The zero-order valence-corrected chi connectivity index (χ0v) is 18.7. The van der Waals surface area contributed by atoms with Crippen molar-refractivity contribution in [1.29, 1.82) is 0 Å². The molecule has 0 fully saturated rings. The van der Waals surface area contributed by atoms with Gasteiger partial charge in [-0.05, 0) is 55.5 Å². The van der Waals surface area contributed by atoms with Crippen molar-refractivity contribution >= 4 is 33.0 Å². The fourth-order valence-electron chi connectivity index (χ4n) is 3.00. The monoisotopic (exact) mass is 444 g/mol. The molecule has 0 saturated heterocycles. The summed E-state index contributed by atoms with van der Waals surface area (Å²) in [5, 5.41) is 4.41. The van der Waals surface area contributed by atoms with Crippen LogP contribution in [-0.2, 0) is 16.4 Å². The molecule has 0 unspecified atom stereocenters. The molecule has 2 N–H and O–H groups in total. The Hall–Kier alpha value is -2.84. The molecule has 1 heterocycles. The Morgan fingerprint density at radius 3 is 2.43 bits per heavy atom. The van der Waals surface area contributed by atoms with Crippen LogP contribution in [0.3, 0.4) is 0 Å². The number of amides is 1. The highest BCUT2D eigenvalue weighted by atomic mass is 32.2. The van der Waals surface area contributed by atoms with Gasteiger partial charge in [-0.2, -0.15) is 0 Å². The maximum atomic E-state index is 12.8. The van der Waals surface area contributed by atoms with Gasteiger partial charge >= 0.3 is 0 Å². The molecular weight excluding hydrogens is 420 g/mol. The lowest BCUT2D eigenvalue weighted by atomic mass is 10.1. The second-order valence-corrected chi connectivity index (χ2v) is 9.47. The Balaban J connectivity index is 1.69. The molecule has 0 spiro atoms. The standard InChI is InChI=1S/C22H24N2O4S2/c1-15-4-7-18(8-5-15)24-30(26,27)20-11-13-29-21(20)22(25)23-12-10-17-14-16(2)6-9-19(17)28-3/h4-9,11,13-14,24H,10,12H2,1-3H3,(H,23,25). The number of hydrogen-bond donors (Lipinski definition) is 2. The van der Waals surface area contributed by atoms with Gasteiger partial charge in [-0.3, -0.25) is 9.52 Å². The molecule has 0 aliphatic carbocycles. The lowest BCUT2D eigenvalue weighted by Gasteiger charge is -2.11. The van der Waals surface area contributed by atoms with Gasteiger partial charge in [-0.15, -0.1) is 11.3 Å². The summed E-state index contributed by atoms with van der Waals surface area (Å²) in [5.41, 5.74) is 3.56. The van der Waals surface area contributed by atoms with Gasteiger partial charge in [0.1, 0.15) is 15.5 Å². The molecule has 2 aromatic carbocycles. The van der Waals surface area contributed by atoms with Gasteiger partial charge in [-0.25, -0.2) is 8.42 Å². The van der Waals surface area contributed by atoms with E-state index >= 15 is 0 Å². The van der Waals surface area contributed by atoms with Crippen molar-refractivity contribution in [3.8, 4) is 5.75 Å². The maximum absolute atomic E-state index is 12.8. The SMILES string of the molecule is COc1ccc(C)cc1CCNC(=O)c1sccc1S(=O)(=O)Nc1ccc(C)cc1. The van der Waals surface area contributed by atoms with Crippen molar-refractivity contribution in [3.63, 3.8) is 0 Å². The lowest BCUT2D eigenvalue weighted by molar-refractivity contribution is 0.0955. The normalized spacial score (nSPS) is 11.2. The van der Waals surface area contributed by atoms with Crippen LogP contribution in [0.1, 0.15) is 26.4 Å². The van der Waals surface area contributed by atoms with E-state index in [4.69, 9.17) is 4.74 Å². The molecule has 1 aromatic heterocycles. The average Bonchev–Trinajstić information content (AvgIpc) is 3.21. The summed E-state index contributed by atoms with van der Waals surface area (Å²) < 4.78 is 33.5. The number of anilines is 1. The van der Waals surface area contributed by atoms with Crippen molar-refractivity contribution < 1.29 is 17.9 Å². The van der Waals surface area contributed by atoms with Gasteiger partial charge in [0.2, 0.25) is 0 Å². The minimum atomic E-state index is -3.87. The van der Waals surface area contributed by atoms with Crippen molar-refractivity contribution in [2.24, 2.45) is 0 Å². The molecule has 158 valence electrons. The molecule has 0 saturated carbocycles. The third kappa shape index (κ3) is 5.20. The van der Waals surface area contributed by atoms with E-state index in [2.05, 4.69) is 10.0 Å². The van der Waals surface area contributed by atoms with E-state index in [1.165, 1.54) is 6.07 Å². The number of methoxy groups -OCH3 is 1. The predicted octanol–water partition coefficient (Wildman–Crippen LogP) is 4.15. The molecule has 3 aromatic rings. The van der Waals surface area contributed by atoms with E-state index in [0.717, 1.165) is 33.8 Å². The van der Waals surface area contributed by atoms with Crippen LogP contribution in [0.15, 0.2) is 58.8 Å². The number of ether oxygens (including phenoxy) is 1. The minimum Gasteiger partial charge on any atom is -0.496 e. The van der Waals surface area contributed by atoms with Crippen LogP contribution in [0.25, 0.3) is 0 Å². The molecule has 1 amide bonds. The van der Waals surface area contributed by atoms with Crippen molar-refractivity contribution in [1.82, 2.24) is 5.32 Å². The Labute approximate surface area is 181 Å². The highest BCUT2D eigenvalue weighted by molar-refractivity contribution is 7.93. The summed E-state index contributed by atoms with van der Waals surface area (Å²) >= 11 is 1.10. The number of rotatable bonds is 8. The van der Waals surface area contributed by atoms with Crippen LogP contribution < -0.4 is 14.8 Å². The molecule has 30 heavy (non-hydrogen) atoms. The van der Waals surface area contributed by atoms with E-state index < -0.39 is 15.9 Å². The number of benzene rings is 2. The van der Waals surface area contributed by atoms with Crippen molar-refractivity contribution in [2.75, 3.05) is 18.4 Å². The molecular formula is C22H24N2O4S2. The van der Waals surface area contributed by atoms with Crippen LogP contribution in [0.4, 0.5) is 5.69 Å². The third-order valence-electron chi connectivity index (χ3n) is 4.54. The molecule has 3 rings (SSSR count). The van der Waals surface area contributed by atoms with Gasteiger partial charge in [0.05, 0.1) is 7.11 Å². The zero-order chi connectivity index (χ0) is 21.7. The summed E-state index contributed by atoms with van der Waals surface area (Å²) in [6.45, 7) is 4.28. The Morgan fingerprint density at radius 2 is 1.73 bits per heavy atom. The summed E-state index contributed by atoms with van der Waals surface area (Å²) in [6.07, 6.45) is 0.575. The summed E-state index contributed by atoms with van der Waals surface area (Å²) in [7, 11) is -2.26. The van der Waals surface area contributed by atoms with Crippen molar-refractivity contribution in [2.45, 2.75) is 25.2 Å². The van der Waals surface area contributed by atoms with Crippen LogP contribution in [0.2, 0.25) is 0 Å². The molecule has 8 heteroatoms. The van der Waals surface area contributed by atoms with Crippen LogP contribution >= 0.6 is 11.3 Å².